The number of amides is 1. The van der Waals surface area contributed by atoms with Crippen molar-refractivity contribution in [2.24, 2.45) is 0 Å². The number of carbonyl (C=O) groups excluding carboxylic acids is 1. The molecule has 1 aromatic rings. The van der Waals surface area contributed by atoms with E-state index < -0.39 is 0 Å². The summed E-state index contributed by atoms with van der Waals surface area (Å²) in [4.78, 5) is 17.5. The molecule has 3 saturated heterocycles. The second-order valence-corrected chi connectivity index (χ2v) is 7.85. The van der Waals surface area contributed by atoms with E-state index in [-0.39, 0.29) is 17.6 Å². The fraction of sp³-hybridized carbons (Fsp3) is 0.650. The normalized spacial score (nSPS) is 30.6. The lowest BCUT2D eigenvalue weighted by Crippen LogP contribution is -2.57. The third kappa shape index (κ3) is 2.98. The van der Waals surface area contributed by atoms with Crippen LogP contribution < -0.4 is 4.90 Å². The summed E-state index contributed by atoms with van der Waals surface area (Å²) >= 11 is 0. The average molecular weight is 344 g/mol. The maximum Gasteiger partial charge on any atom is 0.244 e. The van der Waals surface area contributed by atoms with Crippen molar-refractivity contribution in [1.29, 1.82) is 0 Å². The zero-order chi connectivity index (χ0) is 17.6. The Morgan fingerprint density at radius 2 is 1.88 bits per heavy atom. The van der Waals surface area contributed by atoms with Gasteiger partial charge in [-0.1, -0.05) is 17.7 Å². The third-order valence-corrected chi connectivity index (χ3v) is 5.87. The number of anilines is 1. The summed E-state index contributed by atoms with van der Waals surface area (Å²) in [6.45, 7) is 10.9. The number of carbonyl (C=O) groups is 1. The van der Waals surface area contributed by atoms with Crippen molar-refractivity contribution in [2.75, 3.05) is 44.4 Å². The van der Waals surface area contributed by atoms with E-state index in [1.54, 1.807) is 0 Å². The van der Waals surface area contributed by atoms with E-state index in [9.17, 15) is 4.79 Å². The standard InChI is InChI=1S/C20H28N2O3/c1-14-10-15(2)18(16(3)11-14)22-6-4-17(19(22)23)21-7-9-25-20(12-21)5-8-24-13-20/h10-11,17H,4-9,12-13H2,1-3H3/t17-,20-/m1/s1. The highest BCUT2D eigenvalue weighted by Gasteiger charge is 2.45. The van der Waals surface area contributed by atoms with Gasteiger partial charge in [0.05, 0.1) is 19.3 Å². The van der Waals surface area contributed by atoms with E-state index in [2.05, 4.69) is 37.8 Å². The third-order valence-electron chi connectivity index (χ3n) is 5.87. The number of rotatable bonds is 2. The molecule has 1 aromatic carbocycles. The number of nitrogens with zero attached hydrogens (tertiary/aromatic N) is 2. The topological polar surface area (TPSA) is 42.0 Å². The highest BCUT2D eigenvalue weighted by Crippen LogP contribution is 2.34. The van der Waals surface area contributed by atoms with Gasteiger partial charge < -0.3 is 14.4 Å². The Morgan fingerprint density at radius 3 is 2.56 bits per heavy atom. The van der Waals surface area contributed by atoms with Gasteiger partial charge in [-0.15, -0.1) is 0 Å². The molecule has 0 radical (unpaired) electrons. The van der Waals surface area contributed by atoms with Crippen LogP contribution in [0, 0.1) is 20.8 Å². The van der Waals surface area contributed by atoms with E-state index in [4.69, 9.17) is 9.47 Å². The highest BCUT2D eigenvalue weighted by molar-refractivity contribution is 6.00. The molecule has 5 nitrogen and oxygen atoms in total. The Hall–Kier alpha value is -1.43. The molecule has 3 fully saturated rings. The van der Waals surface area contributed by atoms with Gasteiger partial charge in [-0.3, -0.25) is 9.69 Å². The average Bonchev–Trinajstić information content (AvgIpc) is 3.14. The summed E-state index contributed by atoms with van der Waals surface area (Å²) in [5, 5.41) is 0. The molecule has 25 heavy (non-hydrogen) atoms. The van der Waals surface area contributed by atoms with Crippen molar-refractivity contribution < 1.29 is 14.3 Å². The van der Waals surface area contributed by atoms with E-state index >= 15 is 0 Å². The van der Waals surface area contributed by atoms with Crippen LogP contribution in [0.4, 0.5) is 5.69 Å². The molecule has 0 N–H and O–H groups in total. The quantitative estimate of drug-likeness (QED) is 0.825. The monoisotopic (exact) mass is 344 g/mol. The van der Waals surface area contributed by atoms with Gasteiger partial charge in [0.2, 0.25) is 5.91 Å². The summed E-state index contributed by atoms with van der Waals surface area (Å²) in [5.41, 5.74) is 4.54. The predicted octanol–water partition coefficient (Wildman–Crippen LogP) is 2.21. The van der Waals surface area contributed by atoms with Gasteiger partial charge in [-0.2, -0.15) is 0 Å². The van der Waals surface area contributed by atoms with Crippen LogP contribution in [0.1, 0.15) is 29.5 Å². The molecule has 3 aliphatic rings. The molecule has 1 spiro atoms. The summed E-state index contributed by atoms with van der Waals surface area (Å²) in [7, 11) is 0. The summed E-state index contributed by atoms with van der Waals surface area (Å²) < 4.78 is 11.6. The Bertz CT molecular complexity index is 659. The number of hydrogen-bond acceptors (Lipinski definition) is 4. The number of aryl methyl sites for hydroxylation is 3. The van der Waals surface area contributed by atoms with Crippen molar-refractivity contribution in [2.45, 2.75) is 45.3 Å². The molecule has 0 saturated carbocycles. The molecule has 0 aromatic heterocycles. The van der Waals surface area contributed by atoms with Gasteiger partial charge >= 0.3 is 0 Å². The molecule has 3 aliphatic heterocycles. The zero-order valence-electron chi connectivity index (χ0n) is 15.5. The predicted molar refractivity (Wildman–Crippen MR) is 97.1 cm³/mol. The van der Waals surface area contributed by atoms with Crippen molar-refractivity contribution in [3.8, 4) is 0 Å². The molecule has 0 bridgehead atoms. The molecule has 5 heteroatoms. The number of morpholine rings is 1. The largest absolute Gasteiger partial charge is 0.378 e. The van der Waals surface area contributed by atoms with E-state index in [1.165, 1.54) is 16.7 Å². The molecule has 0 unspecified atom stereocenters. The van der Waals surface area contributed by atoms with Crippen LogP contribution >= 0.6 is 0 Å². The second-order valence-electron chi connectivity index (χ2n) is 7.85. The summed E-state index contributed by atoms with van der Waals surface area (Å²) in [6.07, 6.45) is 1.83. The first-order chi connectivity index (χ1) is 12.0. The maximum absolute atomic E-state index is 13.2. The maximum atomic E-state index is 13.2. The Balaban J connectivity index is 1.54. The first-order valence-electron chi connectivity index (χ1n) is 9.34. The van der Waals surface area contributed by atoms with Gasteiger partial charge in [-0.25, -0.2) is 0 Å². The van der Waals surface area contributed by atoms with Gasteiger partial charge in [0.15, 0.2) is 0 Å². The Labute approximate surface area is 149 Å². The lowest BCUT2D eigenvalue weighted by atomic mass is 9.99. The molecule has 2 atom stereocenters. The van der Waals surface area contributed by atoms with Crippen LogP contribution in [-0.2, 0) is 14.3 Å². The first kappa shape index (κ1) is 17.0. The smallest absolute Gasteiger partial charge is 0.244 e. The van der Waals surface area contributed by atoms with Crippen LogP contribution in [0.5, 0.6) is 0 Å². The van der Waals surface area contributed by atoms with E-state index in [0.717, 1.165) is 44.8 Å². The molecule has 1 amide bonds. The second kappa shape index (κ2) is 6.38. The van der Waals surface area contributed by atoms with Crippen LogP contribution in [0.3, 0.4) is 0 Å². The van der Waals surface area contributed by atoms with Gasteiger partial charge in [0.1, 0.15) is 5.60 Å². The Morgan fingerprint density at radius 1 is 1.12 bits per heavy atom. The molecule has 4 rings (SSSR count). The first-order valence-corrected chi connectivity index (χ1v) is 9.34. The van der Waals surface area contributed by atoms with Crippen molar-refractivity contribution in [3.05, 3.63) is 28.8 Å². The summed E-state index contributed by atoms with van der Waals surface area (Å²) in [6, 6.07) is 4.31. The van der Waals surface area contributed by atoms with Gasteiger partial charge in [0, 0.05) is 38.3 Å². The molecule has 3 heterocycles. The molecule has 136 valence electrons. The van der Waals surface area contributed by atoms with Gasteiger partial charge in [0.25, 0.3) is 0 Å². The van der Waals surface area contributed by atoms with Crippen LogP contribution in [-0.4, -0.2) is 61.9 Å². The lowest BCUT2D eigenvalue weighted by molar-refractivity contribution is -0.135. The minimum Gasteiger partial charge on any atom is -0.378 e. The van der Waals surface area contributed by atoms with E-state index in [1.807, 2.05) is 4.90 Å². The SMILES string of the molecule is Cc1cc(C)c(N2CC[C@@H](N3CCO[C@]4(CCOC4)C3)C2=O)c(C)c1. The molecular formula is C20H28N2O3. The number of ether oxygens (including phenoxy) is 2. The van der Waals surface area contributed by atoms with Crippen LogP contribution in [0.15, 0.2) is 12.1 Å². The number of hydrogen-bond donors (Lipinski definition) is 0. The van der Waals surface area contributed by atoms with Crippen molar-refractivity contribution in [1.82, 2.24) is 4.90 Å². The molecular weight excluding hydrogens is 316 g/mol. The minimum atomic E-state index is -0.193. The van der Waals surface area contributed by atoms with Crippen molar-refractivity contribution in [3.63, 3.8) is 0 Å². The highest BCUT2D eigenvalue weighted by atomic mass is 16.6. The van der Waals surface area contributed by atoms with Crippen LogP contribution in [0.2, 0.25) is 0 Å². The van der Waals surface area contributed by atoms with Gasteiger partial charge in [-0.05, 0) is 38.3 Å². The van der Waals surface area contributed by atoms with E-state index in [0.29, 0.717) is 13.2 Å². The summed E-state index contributed by atoms with van der Waals surface area (Å²) in [5.74, 6) is 0.242. The van der Waals surface area contributed by atoms with Crippen LogP contribution in [0.25, 0.3) is 0 Å². The fourth-order valence-electron chi connectivity index (χ4n) is 4.79. The zero-order valence-corrected chi connectivity index (χ0v) is 15.5. The van der Waals surface area contributed by atoms with Crippen molar-refractivity contribution >= 4 is 11.6 Å². The number of benzene rings is 1. The Kier molecular flexibility index (Phi) is 4.34. The molecule has 0 aliphatic carbocycles. The lowest BCUT2D eigenvalue weighted by Gasteiger charge is -2.41. The minimum absolute atomic E-state index is 0.0264. The fourth-order valence-corrected chi connectivity index (χ4v) is 4.79.